The molecule has 0 spiro atoms. The summed E-state index contributed by atoms with van der Waals surface area (Å²) in [4.78, 5) is 21.4. The number of hydrogen-bond acceptors (Lipinski definition) is 4. The van der Waals surface area contributed by atoms with E-state index >= 15 is 0 Å². The van der Waals surface area contributed by atoms with Crippen molar-refractivity contribution in [3.63, 3.8) is 0 Å². The van der Waals surface area contributed by atoms with Gasteiger partial charge in [-0.2, -0.15) is 0 Å². The van der Waals surface area contributed by atoms with Crippen LogP contribution in [0.4, 0.5) is 5.69 Å². The number of carbonyl (C=O) groups excluding carboxylic acids is 1. The van der Waals surface area contributed by atoms with Gasteiger partial charge in [-0.15, -0.1) is 0 Å². The van der Waals surface area contributed by atoms with E-state index in [2.05, 4.69) is 33.5 Å². The number of nitro groups is 1. The molecule has 1 amide bonds. The van der Waals surface area contributed by atoms with Crippen LogP contribution >= 0.6 is 28.1 Å². The van der Waals surface area contributed by atoms with Gasteiger partial charge in [0.15, 0.2) is 5.11 Å². The lowest BCUT2D eigenvalue weighted by Crippen LogP contribution is -2.34. The predicted octanol–water partition coefficient (Wildman–Crippen LogP) is 1.33. The fraction of sp³-hybridized carbons (Fsp3) is 0. The number of benzene rings is 1. The number of nitrogens with two attached hydrogens (primary N) is 1. The minimum atomic E-state index is -0.596. The highest BCUT2D eigenvalue weighted by Gasteiger charge is 2.15. The van der Waals surface area contributed by atoms with Crippen LogP contribution in [0.25, 0.3) is 0 Å². The zero-order valence-electron chi connectivity index (χ0n) is 7.77. The number of nitrogens with zero attached hydrogens (tertiary/aromatic N) is 1. The van der Waals surface area contributed by atoms with Crippen LogP contribution in [0.15, 0.2) is 22.7 Å². The van der Waals surface area contributed by atoms with Crippen molar-refractivity contribution >= 4 is 44.9 Å². The molecule has 0 aliphatic heterocycles. The zero-order valence-corrected chi connectivity index (χ0v) is 10.2. The Balaban J connectivity index is 3.08. The van der Waals surface area contributed by atoms with E-state index in [4.69, 9.17) is 5.73 Å². The van der Waals surface area contributed by atoms with Crippen LogP contribution in [0.2, 0.25) is 0 Å². The van der Waals surface area contributed by atoms with Crippen molar-refractivity contribution in [2.75, 3.05) is 0 Å². The Morgan fingerprint density at radius 3 is 2.69 bits per heavy atom. The van der Waals surface area contributed by atoms with Crippen molar-refractivity contribution in [1.29, 1.82) is 0 Å². The van der Waals surface area contributed by atoms with E-state index in [1.54, 1.807) is 0 Å². The molecule has 0 saturated heterocycles. The van der Waals surface area contributed by atoms with Gasteiger partial charge in [0, 0.05) is 11.6 Å². The number of nitro benzene ring substituents is 1. The molecule has 3 N–H and O–H groups in total. The average Bonchev–Trinajstić information content (AvgIpc) is 2.16. The second kappa shape index (κ2) is 4.99. The Morgan fingerprint density at radius 2 is 2.19 bits per heavy atom. The quantitative estimate of drug-likeness (QED) is 0.488. The standard InChI is InChI=1S/C8H6BrN3O3S/c9-5-2-1-4(3-6(5)12(14)15)7(13)11-8(10)16/h1-3H,(H3,10,11,13,16). The van der Waals surface area contributed by atoms with Gasteiger partial charge in [-0.3, -0.25) is 20.2 Å². The number of amides is 1. The lowest BCUT2D eigenvalue weighted by molar-refractivity contribution is -0.385. The SMILES string of the molecule is NC(=S)NC(=O)c1ccc(Br)c([N+](=O)[O-])c1. The normalized spacial score (nSPS) is 9.56. The molecule has 1 aromatic carbocycles. The Bertz CT molecular complexity index is 478. The molecule has 0 aliphatic carbocycles. The smallest absolute Gasteiger partial charge is 0.284 e. The summed E-state index contributed by atoms with van der Waals surface area (Å²) in [6.07, 6.45) is 0. The molecule has 0 aliphatic rings. The summed E-state index contributed by atoms with van der Waals surface area (Å²) in [7, 11) is 0. The number of carbonyl (C=O) groups is 1. The van der Waals surface area contributed by atoms with Crippen LogP contribution in [0.1, 0.15) is 10.4 Å². The molecule has 0 bridgehead atoms. The molecule has 8 heteroatoms. The predicted molar refractivity (Wildman–Crippen MR) is 65.0 cm³/mol. The van der Waals surface area contributed by atoms with E-state index in [9.17, 15) is 14.9 Å². The van der Waals surface area contributed by atoms with Gasteiger partial charge >= 0.3 is 0 Å². The molecule has 0 fully saturated rings. The summed E-state index contributed by atoms with van der Waals surface area (Å²) in [5.41, 5.74) is 5.03. The second-order valence-electron chi connectivity index (χ2n) is 2.74. The van der Waals surface area contributed by atoms with Gasteiger partial charge in [-0.1, -0.05) is 0 Å². The maximum absolute atomic E-state index is 11.4. The highest BCUT2D eigenvalue weighted by molar-refractivity contribution is 9.10. The first-order valence-electron chi connectivity index (χ1n) is 3.96. The number of halogens is 1. The van der Waals surface area contributed by atoms with Crippen molar-refractivity contribution in [3.8, 4) is 0 Å². The van der Waals surface area contributed by atoms with Crippen molar-refractivity contribution in [2.24, 2.45) is 5.73 Å². The van der Waals surface area contributed by atoms with Crippen LogP contribution in [-0.4, -0.2) is 15.9 Å². The highest BCUT2D eigenvalue weighted by atomic mass is 79.9. The molecule has 0 atom stereocenters. The fourth-order valence-electron chi connectivity index (χ4n) is 0.978. The zero-order chi connectivity index (χ0) is 12.3. The van der Waals surface area contributed by atoms with Crippen LogP contribution in [0.5, 0.6) is 0 Å². The highest BCUT2D eigenvalue weighted by Crippen LogP contribution is 2.25. The topological polar surface area (TPSA) is 98.3 Å². The van der Waals surface area contributed by atoms with Gasteiger partial charge in [0.05, 0.1) is 9.40 Å². The summed E-state index contributed by atoms with van der Waals surface area (Å²) in [5.74, 6) is -0.580. The largest absolute Gasteiger partial charge is 0.376 e. The summed E-state index contributed by atoms with van der Waals surface area (Å²) in [5, 5.41) is 12.6. The third-order valence-electron chi connectivity index (χ3n) is 1.64. The van der Waals surface area contributed by atoms with Crippen molar-refractivity contribution < 1.29 is 9.72 Å². The molecule has 1 rings (SSSR count). The first-order valence-corrected chi connectivity index (χ1v) is 5.16. The van der Waals surface area contributed by atoms with E-state index in [-0.39, 0.29) is 16.4 Å². The lowest BCUT2D eigenvalue weighted by atomic mass is 10.2. The minimum absolute atomic E-state index is 0.114. The number of nitrogens with one attached hydrogen (secondary N) is 1. The summed E-state index contributed by atoms with van der Waals surface area (Å²) < 4.78 is 0.296. The number of rotatable bonds is 2. The van der Waals surface area contributed by atoms with E-state index in [1.165, 1.54) is 12.1 Å². The van der Waals surface area contributed by atoms with Crippen LogP contribution < -0.4 is 11.1 Å². The summed E-state index contributed by atoms with van der Waals surface area (Å²) in [6.45, 7) is 0. The minimum Gasteiger partial charge on any atom is -0.376 e. The third-order valence-corrected chi connectivity index (χ3v) is 2.41. The Kier molecular flexibility index (Phi) is 3.91. The molecule has 1 aromatic rings. The number of hydrogen-bond donors (Lipinski definition) is 2. The molecule has 0 radical (unpaired) electrons. The van der Waals surface area contributed by atoms with Gasteiger partial charge < -0.3 is 5.73 Å². The Hall–Kier alpha value is -1.54. The summed E-state index contributed by atoms with van der Waals surface area (Å²) >= 11 is 7.49. The van der Waals surface area contributed by atoms with Crippen LogP contribution in [0, 0.1) is 10.1 Å². The maximum Gasteiger partial charge on any atom is 0.284 e. The van der Waals surface area contributed by atoms with Gasteiger partial charge in [-0.05, 0) is 40.3 Å². The van der Waals surface area contributed by atoms with Crippen LogP contribution in [-0.2, 0) is 0 Å². The van der Waals surface area contributed by atoms with Gasteiger partial charge in [0.25, 0.3) is 11.6 Å². The fourth-order valence-corrected chi connectivity index (χ4v) is 1.46. The number of thiocarbonyl (C=S) groups is 1. The summed E-state index contributed by atoms with van der Waals surface area (Å²) in [6, 6.07) is 3.97. The van der Waals surface area contributed by atoms with Crippen molar-refractivity contribution in [3.05, 3.63) is 38.3 Å². The average molecular weight is 304 g/mol. The molecule has 84 valence electrons. The molecule has 16 heavy (non-hydrogen) atoms. The second-order valence-corrected chi connectivity index (χ2v) is 4.04. The molecule has 0 unspecified atom stereocenters. The molecule has 0 saturated carbocycles. The Labute approximate surface area is 104 Å². The molecule has 0 aromatic heterocycles. The Morgan fingerprint density at radius 1 is 1.56 bits per heavy atom. The maximum atomic E-state index is 11.4. The van der Waals surface area contributed by atoms with Gasteiger partial charge in [0.2, 0.25) is 0 Å². The molecule has 6 nitrogen and oxygen atoms in total. The molecular formula is C8H6BrN3O3S. The van der Waals surface area contributed by atoms with E-state index in [0.717, 1.165) is 6.07 Å². The van der Waals surface area contributed by atoms with Crippen molar-refractivity contribution in [1.82, 2.24) is 5.32 Å². The van der Waals surface area contributed by atoms with Crippen molar-refractivity contribution in [2.45, 2.75) is 0 Å². The third kappa shape index (κ3) is 2.97. The first kappa shape index (κ1) is 12.5. The first-order chi connectivity index (χ1) is 7.41. The monoisotopic (exact) mass is 303 g/mol. The van der Waals surface area contributed by atoms with E-state index < -0.39 is 10.8 Å². The van der Waals surface area contributed by atoms with Gasteiger partial charge in [-0.25, -0.2) is 0 Å². The van der Waals surface area contributed by atoms with Gasteiger partial charge in [0.1, 0.15) is 0 Å². The molecule has 0 heterocycles. The molecular weight excluding hydrogens is 298 g/mol. The van der Waals surface area contributed by atoms with Crippen LogP contribution in [0.3, 0.4) is 0 Å². The lowest BCUT2D eigenvalue weighted by Gasteiger charge is -2.03. The van der Waals surface area contributed by atoms with E-state index in [0.29, 0.717) is 4.47 Å². The van der Waals surface area contributed by atoms with E-state index in [1.807, 2.05) is 0 Å².